The molecule has 0 radical (unpaired) electrons. The maximum atomic E-state index is 6.10. The van der Waals surface area contributed by atoms with Crippen LogP contribution in [0.15, 0.2) is 42.9 Å². The second-order valence-electron chi connectivity index (χ2n) is 6.24. The lowest BCUT2D eigenvalue weighted by molar-refractivity contribution is 0.397. The molecule has 0 aliphatic heterocycles. The van der Waals surface area contributed by atoms with E-state index in [4.69, 9.17) is 21.3 Å². The Labute approximate surface area is 156 Å². The van der Waals surface area contributed by atoms with Crippen LogP contribution in [0.3, 0.4) is 0 Å². The molecule has 1 aliphatic rings. The molecule has 0 saturated heterocycles. The first-order valence-corrected chi connectivity index (χ1v) is 8.82. The lowest BCUT2D eigenvalue weighted by Gasteiger charge is -2.09. The van der Waals surface area contributed by atoms with Gasteiger partial charge in [-0.2, -0.15) is 0 Å². The standard InChI is InChI=1S/C19H18ClN5O/c1-26-18-17(13-3-2-4-14(20)8-13)24-16(11-21-18)7-12-9-22-19(23-10-12)25-15-5-6-15/h2-4,8-11,15H,5-7H2,1H3,(H,22,23,25). The molecule has 1 aromatic carbocycles. The minimum atomic E-state index is 0.469. The number of aromatic nitrogens is 4. The van der Waals surface area contributed by atoms with Gasteiger partial charge in [-0.15, -0.1) is 0 Å². The number of ether oxygens (including phenoxy) is 1. The molecular formula is C19H18ClN5O. The SMILES string of the molecule is COc1ncc(Cc2cnc(NC3CC3)nc2)nc1-c1cccc(Cl)c1. The minimum absolute atomic E-state index is 0.469. The average Bonchev–Trinajstić information content (AvgIpc) is 3.47. The van der Waals surface area contributed by atoms with Crippen LogP contribution >= 0.6 is 11.6 Å². The van der Waals surface area contributed by atoms with Crippen molar-refractivity contribution >= 4 is 17.5 Å². The summed E-state index contributed by atoms with van der Waals surface area (Å²) in [6.07, 6.45) is 8.33. The van der Waals surface area contributed by atoms with Gasteiger partial charge in [0, 0.05) is 35.4 Å². The maximum Gasteiger partial charge on any atom is 0.240 e. The summed E-state index contributed by atoms with van der Waals surface area (Å²) >= 11 is 6.10. The van der Waals surface area contributed by atoms with Crippen LogP contribution in [-0.2, 0) is 6.42 Å². The fraction of sp³-hybridized carbons (Fsp3) is 0.263. The second-order valence-corrected chi connectivity index (χ2v) is 6.68. The summed E-state index contributed by atoms with van der Waals surface area (Å²) in [6, 6.07) is 8.02. The Morgan fingerprint density at radius 2 is 1.96 bits per heavy atom. The summed E-state index contributed by atoms with van der Waals surface area (Å²) in [5.41, 5.74) is 3.32. The molecule has 3 aromatic rings. The Morgan fingerprint density at radius 3 is 2.65 bits per heavy atom. The normalized spacial score (nSPS) is 13.5. The van der Waals surface area contributed by atoms with Gasteiger partial charge >= 0.3 is 0 Å². The van der Waals surface area contributed by atoms with Crippen LogP contribution in [0.25, 0.3) is 11.3 Å². The molecule has 7 heteroatoms. The number of nitrogens with zero attached hydrogens (tertiary/aromatic N) is 4. The van der Waals surface area contributed by atoms with Gasteiger partial charge in [0.2, 0.25) is 11.8 Å². The van der Waals surface area contributed by atoms with E-state index in [1.165, 1.54) is 12.8 Å². The number of benzene rings is 1. The lowest BCUT2D eigenvalue weighted by atomic mass is 10.1. The van der Waals surface area contributed by atoms with E-state index >= 15 is 0 Å². The summed E-state index contributed by atoms with van der Waals surface area (Å²) < 4.78 is 5.35. The van der Waals surface area contributed by atoms with Gasteiger partial charge in [0.05, 0.1) is 19.0 Å². The van der Waals surface area contributed by atoms with Gasteiger partial charge in [0.25, 0.3) is 0 Å². The fourth-order valence-electron chi connectivity index (χ4n) is 2.61. The number of rotatable bonds is 6. The first-order chi connectivity index (χ1) is 12.7. The minimum Gasteiger partial charge on any atom is -0.479 e. The molecule has 132 valence electrons. The zero-order chi connectivity index (χ0) is 17.9. The topological polar surface area (TPSA) is 72.8 Å². The molecule has 0 amide bonds. The first-order valence-electron chi connectivity index (χ1n) is 8.44. The van der Waals surface area contributed by atoms with E-state index in [9.17, 15) is 0 Å². The molecule has 1 N–H and O–H groups in total. The van der Waals surface area contributed by atoms with Crippen molar-refractivity contribution in [2.24, 2.45) is 0 Å². The molecular weight excluding hydrogens is 350 g/mol. The monoisotopic (exact) mass is 367 g/mol. The second kappa shape index (κ2) is 7.25. The zero-order valence-corrected chi connectivity index (χ0v) is 15.1. The highest BCUT2D eigenvalue weighted by atomic mass is 35.5. The Bertz CT molecular complexity index is 912. The molecule has 4 rings (SSSR count). The van der Waals surface area contributed by atoms with Crippen LogP contribution < -0.4 is 10.1 Å². The van der Waals surface area contributed by atoms with Crippen molar-refractivity contribution in [1.29, 1.82) is 0 Å². The van der Waals surface area contributed by atoms with Crippen molar-refractivity contribution in [3.05, 3.63) is 59.1 Å². The van der Waals surface area contributed by atoms with E-state index in [1.807, 2.05) is 36.7 Å². The first kappa shape index (κ1) is 16.7. The van der Waals surface area contributed by atoms with Crippen LogP contribution in [0.5, 0.6) is 5.88 Å². The Balaban J connectivity index is 1.57. The predicted octanol–water partition coefficient (Wildman–Crippen LogP) is 3.76. The van der Waals surface area contributed by atoms with Gasteiger partial charge in [-0.3, -0.25) is 0 Å². The summed E-state index contributed by atoms with van der Waals surface area (Å²) in [5.74, 6) is 1.15. The maximum absolute atomic E-state index is 6.10. The van der Waals surface area contributed by atoms with Crippen LogP contribution in [0.2, 0.25) is 5.02 Å². The van der Waals surface area contributed by atoms with Gasteiger partial charge in [-0.1, -0.05) is 23.7 Å². The highest BCUT2D eigenvalue weighted by Crippen LogP contribution is 2.28. The van der Waals surface area contributed by atoms with E-state index in [-0.39, 0.29) is 0 Å². The molecule has 1 saturated carbocycles. The van der Waals surface area contributed by atoms with E-state index < -0.39 is 0 Å². The van der Waals surface area contributed by atoms with Gasteiger partial charge in [0.15, 0.2) is 0 Å². The van der Waals surface area contributed by atoms with Crippen molar-refractivity contribution in [1.82, 2.24) is 19.9 Å². The van der Waals surface area contributed by atoms with Gasteiger partial charge < -0.3 is 10.1 Å². The molecule has 0 unspecified atom stereocenters. The van der Waals surface area contributed by atoms with Crippen molar-refractivity contribution in [3.8, 4) is 17.1 Å². The zero-order valence-electron chi connectivity index (χ0n) is 14.3. The fourth-order valence-corrected chi connectivity index (χ4v) is 2.80. The molecule has 6 nitrogen and oxygen atoms in total. The van der Waals surface area contributed by atoms with Crippen molar-refractivity contribution < 1.29 is 4.74 Å². The van der Waals surface area contributed by atoms with Crippen LogP contribution in [0.4, 0.5) is 5.95 Å². The Morgan fingerprint density at radius 1 is 1.15 bits per heavy atom. The number of anilines is 1. The highest BCUT2D eigenvalue weighted by Gasteiger charge is 2.21. The van der Waals surface area contributed by atoms with Crippen molar-refractivity contribution in [3.63, 3.8) is 0 Å². The highest BCUT2D eigenvalue weighted by molar-refractivity contribution is 6.30. The predicted molar refractivity (Wildman–Crippen MR) is 101 cm³/mol. The molecule has 2 heterocycles. The number of methoxy groups -OCH3 is 1. The summed E-state index contributed by atoms with van der Waals surface area (Å²) in [5, 5.41) is 3.92. The van der Waals surface area contributed by atoms with Crippen LogP contribution in [0.1, 0.15) is 24.1 Å². The van der Waals surface area contributed by atoms with Crippen molar-refractivity contribution in [2.75, 3.05) is 12.4 Å². The lowest BCUT2D eigenvalue weighted by Crippen LogP contribution is -2.06. The Hall–Kier alpha value is -2.73. The van der Waals surface area contributed by atoms with Gasteiger partial charge in [-0.25, -0.2) is 19.9 Å². The Kier molecular flexibility index (Phi) is 4.67. The quantitative estimate of drug-likeness (QED) is 0.715. The molecule has 1 fully saturated rings. The van der Waals surface area contributed by atoms with Crippen LogP contribution in [-0.4, -0.2) is 33.1 Å². The van der Waals surface area contributed by atoms with E-state index in [1.54, 1.807) is 13.3 Å². The van der Waals surface area contributed by atoms with Gasteiger partial charge in [-0.05, 0) is 30.5 Å². The van der Waals surface area contributed by atoms with E-state index in [2.05, 4.69) is 20.3 Å². The molecule has 0 bridgehead atoms. The molecule has 1 aliphatic carbocycles. The average molecular weight is 368 g/mol. The third-order valence-corrected chi connectivity index (χ3v) is 4.32. The number of halogens is 1. The van der Waals surface area contributed by atoms with E-state index in [0.717, 1.165) is 16.8 Å². The number of hydrogen-bond donors (Lipinski definition) is 1. The third-order valence-electron chi connectivity index (χ3n) is 4.08. The summed E-state index contributed by atoms with van der Waals surface area (Å²) in [6.45, 7) is 0. The number of hydrogen-bond acceptors (Lipinski definition) is 6. The largest absolute Gasteiger partial charge is 0.479 e. The van der Waals surface area contributed by atoms with E-state index in [0.29, 0.717) is 35.0 Å². The molecule has 0 spiro atoms. The van der Waals surface area contributed by atoms with Gasteiger partial charge in [0.1, 0.15) is 5.69 Å². The van der Waals surface area contributed by atoms with Crippen LogP contribution in [0, 0.1) is 0 Å². The molecule has 2 aromatic heterocycles. The summed E-state index contributed by atoms with van der Waals surface area (Å²) in [4.78, 5) is 17.8. The smallest absolute Gasteiger partial charge is 0.240 e. The number of nitrogens with one attached hydrogen (secondary N) is 1. The molecule has 0 atom stereocenters. The molecule has 26 heavy (non-hydrogen) atoms. The van der Waals surface area contributed by atoms with Crippen molar-refractivity contribution in [2.45, 2.75) is 25.3 Å². The third kappa shape index (κ3) is 3.91. The summed E-state index contributed by atoms with van der Waals surface area (Å²) in [7, 11) is 1.58.